The molecule has 0 aromatic rings. The molecule has 0 saturated heterocycles. The monoisotopic (exact) mass is 196 g/mol. The molecule has 0 bridgehead atoms. The molecule has 0 aromatic carbocycles. The summed E-state index contributed by atoms with van der Waals surface area (Å²) in [6.45, 7) is -4.49. The normalized spacial score (nSPS) is 14.4. The van der Waals surface area contributed by atoms with Crippen molar-refractivity contribution in [1.29, 1.82) is 0 Å². The maximum atomic E-state index is 11.2. The summed E-state index contributed by atoms with van der Waals surface area (Å²) >= 11 is -2.80. The highest BCUT2D eigenvalue weighted by molar-refractivity contribution is 7.75. The zero-order valence-corrected chi connectivity index (χ0v) is 5.82. The predicted octanol–water partition coefficient (Wildman–Crippen LogP) is 1.09. The van der Waals surface area contributed by atoms with Gasteiger partial charge in [-0.15, -0.1) is 0 Å². The highest BCUT2D eigenvalue weighted by atomic mass is 32.2. The smallest absolute Gasteiger partial charge is 0.262 e. The first kappa shape index (κ1) is 10.8. The van der Waals surface area contributed by atoms with Gasteiger partial charge in [0.25, 0.3) is 6.43 Å². The summed E-state index contributed by atoms with van der Waals surface area (Å²) in [5, 5.41) is 0. The molecule has 0 saturated carbocycles. The average molecular weight is 196 g/mol. The molecular formula is C3H4F4O3S. The second-order valence-corrected chi connectivity index (χ2v) is 2.07. The minimum atomic E-state index is -3.30. The van der Waals surface area contributed by atoms with Crippen LogP contribution in [0.15, 0.2) is 0 Å². The van der Waals surface area contributed by atoms with E-state index in [0.29, 0.717) is 0 Å². The molecule has 0 heterocycles. The van der Waals surface area contributed by atoms with Crippen LogP contribution in [0.4, 0.5) is 17.6 Å². The van der Waals surface area contributed by atoms with Gasteiger partial charge in [0.15, 0.2) is 0 Å². The fourth-order valence-corrected chi connectivity index (χ4v) is 0.582. The third-order valence-electron chi connectivity index (χ3n) is 0.442. The first-order valence-corrected chi connectivity index (χ1v) is 3.31. The Bertz CT molecular complexity index is 130. The fraction of sp³-hybridized carbons (Fsp3) is 1.00. The van der Waals surface area contributed by atoms with Gasteiger partial charge in [0.05, 0.1) is 0 Å². The van der Waals surface area contributed by atoms with Crippen LogP contribution in [0.1, 0.15) is 0 Å². The van der Waals surface area contributed by atoms with Crippen molar-refractivity contribution in [3.05, 3.63) is 0 Å². The Kier molecular flexibility index (Phi) is 5.34. The Hall–Kier alpha value is -0.210. The molecule has 1 atom stereocenters. The summed E-state index contributed by atoms with van der Waals surface area (Å²) in [4.78, 5) is 0. The van der Waals surface area contributed by atoms with E-state index in [9.17, 15) is 21.8 Å². The molecule has 3 nitrogen and oxygen atoms in total. The van der Waals surface area contributed by atoms with Crippen molar-refractivity contribution in [3.63, 3.8) is 0 Å². The lowest BCUT2D eigenvalue weighted by atomic mass is 10.8. The molecule has 0 rings (SSSR count). The maximum Gasteiger partial charge on any atom is 0.358 e. The molecule has 11 heavy (non-hydrogen) atoms. The van der Waals surface area contributed by atoms with Crippen LogP contribution < -0.4 is 0 Å². The van der Waals surface area contributed by atoms with Gasteiger partial charge in [-0.1, -0.05) is 0 Å². The molecule has 0 amide bonds. The first-order valence-electron chi connectivity index (χ1n) is 2.31. The van der Waals surface area contributed by atoms with E-state index in [2.05, 4.69) is 8.37 Å². The zero-order chi connectivity index (χ0) is 8.85. The Balaban J connectivity index is 3.38. The van der Waals surface area contributed by atoms with Gasteiger partial charge in [0, 0.05) is 0 Å². The molecule has 0 fully saturated rings. The van der Waals surface area contributed by atoms with Gasteiger partial charge in [0.1, 0.15) is 6.61 Å². The van der Waals surface area contributed by atoms with Crippen LogP contribution in [0.3, 0.4) is 0 Å². The van der Waals surface area contributed by atoms with Gasteiger partial charge in [-0.3, -0.25) is 4.18 Å². The summed E-state index contributed by atoms with van der Waals surface area (Å²) in [6.07, 6.45) is -2.86. The topological polar surface area (TPSA) is 35.5 Å². The van der Waals surface area contributed by atoms with Crippen molar-refractivity contribution in [3.8, 4) is 0 Å². The Morgan fingerprint density at radius 2 is 1.82 bits per heavy atom. The van der Waals surface area contributed by atoms with Crippen molar-refractivity contribution in [2.45, 2.75) is 13.0 Å². The lowest BCUT2D eigenvalue weighted by Gasteiger charge is -2.00. The van der Waals surface area contributed by atoms with Crippen LogP contribution in [0.25, 0.3) is 0 Å². The van der Waals surface area contributed by atoms with Gasteiger partial charge in [-0.2, -0.15) is 13.0 Å². The van der Waals surface area contributed by atoms with Gasteiger partial charge in [-0.05, 0) is 0 Å². The van der Waals surface area contributed by atoms with E-state index in [1.165, 1.54) is 0 Å². The molecule has 0 radical (unpaired) electrons. The molecule has 68 valence electrons. The van der Waals surface area contributed by atoms with E-state index in [1.54, 1.807) is 0 Å². The molecule has 0 aliphatic carbocycles. The van der Waals surface area contributed by atoms with E-state index in [4.69, 9.17) is 0 Å². The van der Waals surface area contributed by atoms with Crippen LogP contribution in [0, 0.1) is 0 Å². The number of alkyl halides is 4. The van der Waals surface area contributed by atoms with Gasteiger partial charge < -0.3 is 0 Å². The summed E-state index contributed by atoms with van der Waals surface area (Å²) in [5.74, 6) is 0. The SMILES string of the molecule is O=S(OCC(F)F)OC(F)F. The van der Waals surface area contributed by atoms with Crippen molar-refractivity contribution < 1.29 is 30.1 Å². The highest BCUT2D eigenvalue weighted by Crippen LogP contribution is 2.01. The lowest BCUT2D eigenvalue weighted by molar-refractivity contribution is -0.0510. The van der Waals surface area contributed by atoms with E-state index >= 15 is 0 Å². The maximum absolute atomic E-state index is 11.2. The van der Waals surface area contributed by atoms with E-state index < -0.39 is 31.0 Å². The molecule has 8 heteroatoms. The fourth-order valence-electron chi connectivity index (χ4n) is 0.194. The standard InChI is InChI=1S/C3H4F4O3S/c4-2(5)1-9-11(8)10-3(6)7/h2-3H,1H2. The van der Waals surface area contributed by atoms with Gasteiger partial charge in [-0.25, -0.2) is 13.0 Å². The summed E-state index contributed by atoms with van der Waals surface area (Å²) < 4.78 is 61.5. The summed E-state index contributed by atoms with van der Waals surface area (Å²) in [7, 11) is 0. The summed E-state index contributed by atoms with van der Waals surface area (Å²) in [5.41, 5.74) is 0. The van der Waals surface area contributed by atoms with Crippen molar-refractivity contribution >= 4 is 11.4 Å². The van der Waals surface area contributed by atoms with E-state index in [0.717, 1.165) is 0 Å². The second-order valence-electron chi connectivity index (χ2n) is 1.24. The van der Waals surface area contributed by atoms with Crippen molar-refractivity contribution in [1.82, 2.24) is 0 Å². The van der Waals surface area contributed by atoms with Crippen LogP contribution in [0.5, 0.6) is 0 Å². The average Bonchev–Trinajstić information content (AvgIpc) is 1.82. The number of hydrogen-bond donors (Lipinski definition) is 0. The highest BCUT2D eigenvalue weighted by Gasteiger charge is 2.12. The number of rotatable bonds is 5. The molecular weight excluding hydrogens is 192 g/mol. The van der Waals surface area contributed by atoms with Gasteiger partial charge >= 0.3 is 18.0 Å². The number of halogens is 4. The van der Waals surface area contributed by atoms with Crippen LogP contribution >= 0.6 is 0 Å². The van der Waals surface area contributed by atoms with E-state index in [-0.39, 0.29) is 0 Å². The largest absolute Gasteiger partial charge is 0.358 e. The Labute approximate surface area is 62.2 Å². The van der Waals surface area contributed by atoms with Crippen LogP contribution in [0.2, 0.25) is 0 Å². The molecule has 0 aromatic heterocycles. The third-order valence-corrected chi connectivity index (χ3v) is 1.07. The molecule has 0 spiro atoms. The predicted molar refractivity (Wildman–Crippen MR) is 27.2 cm³/mol. The van der Waals surface area contributed by atoms with Crippen molar-refractivity contribution in [2.24, 2.45) is 0 Å². The second kappa shape index (κ2) is 5.44. The van der Waals surface area contributed by atoms with Crippen molar-refractivity contribution in [2.75, 3.05) is 6.61 Å². The van der Waals surface area contributed by atoms with Crippen LogP contribution in [-0.2, 0) is 19.7 Å². The Morgan fingerprint density at radius 3 is 2.18 bits per heavy atom. The quantitative estimate of drug-likeness (QED) is 0.617. The molecule has 0 N–H and O–H groups in total. The minimum absolute atomic E-state index is 1.20. The molecule has 0 aliphatic rings. The minimum Gasteiger partial charge on any atom is -0.262 e. The molecule has 0 aliphatic heterocycles. The third kappa shape index (κ3) is 7.69. The van der Waals surface area contributed by atoms with Gasteiger partial charge in [0.2, 0.25) is 0 Å². The molecule has 1 unspecified atom stereocenters. The lowest BCUT2D eigenvalue weighted by Crippen LogP contribution is -2.11. The number of hydrogen-bond acceptors (Lipinski definition) is 3. The Morgan fingerprint density at radius 1 is 1.27 bits per heavy atom. The van der Waals surface area contributed by atoms with E-state index in [1.807, 2.05) is 0 Å². The zero-order valence-electron chi connectivity index (χ0n) is 5.01. The summed E-state index contributed by atoms with van der Waals surface area (Å²) in [6, 6.07) is 0. The first-order chi connectivity index (χ1) is 5.02. The van der Waals surface area contributed by atoms with Crippen LogP contribution in [-0.4, -0.2) is 23.9 Å².